The highest BCUT2D eigenvalue weighted by molar-refractivity contribution is 6.15. The van der Waals surface area contributed by atoms with E-state index in [4.69, 9.17) is 9.47 Å². The Kier molecular flexibility index (Phi) is 4.40. The molecule has 0 atom stereocenters. The van der Waals surface area contributed by atoms with Crippen molar-refractivity contribution in [2.75, 3.05) is 0 Å². The molecule has 0 radical (unpaired) electrons. The summed E-state index contributed by atoms with van der Waals surface area (Å²) < 4.78 is 24.5. The number of benzene rings is 2. The molecule has 0 aliphatic carbocycles. The van der Waals surface area contributed by atoms with Crippen LogP contribution in [0.4, 0.5) is 4.39 Å². The highest BCUT2D eigenvalue weighted by Gasteiger charge is 2.31. The minimum atomic E-state index is -0.648. The van der Waals surface area contributed by atoms with E-state index >= 15 is 0 Å². The summed E-state index contributed by atoms with van der Waals surface area (Å²) in [7, 11) is 0. The lowest BCUT2D eigenvalue weighted by Gasteiger charge is -2.17. The van der Waals surface area contributed by atoms with Gasteiger partial charge in [0.1, 0.15) is 17.3 Å². The molecule has 4 nitrogen and oxygen atoms in total. The van der Waals surface area contributed by atoms with Crippen LogP contribution in [-0.4, -0.2) is 11.8 Å². The molecule has 2 aromatic carbocycles. The number of esters is 1. The lowest BCUT2D eigenvalue weighted by atomic mass is 9.97. The fourth-order valence-electron chi connectivity index (χ4n) is 2.48. The summed E-state index contributed by atoms with van der Waals surface area (Å²) in [6, 6.07) is 9.04. The summed E-state index contributed by atoms with van der Waals surface area (Å²) in [4.78, 5) is 24.6. The van der Waals surface area contributed by atoms with Crippen LogP contribution in [0.3, 0.4) is 0 Å². The first-order valence-electron chi connectivity index (χ1n) is 8.22. The van der Waals surface area contributed by atoms with Crippen LogP contribution in [0.25, 0.3) is 6.08 Å². The summed E-state index contributed by atoms with van der Waals surface area (Å²) in [6.07, 6.45) is 1.49. The van der Waals surface area contributed by atoms with Gasteiger partial charge >= 0.3 is 5.97 Å². The molecule has 0 saturated heterocycles. The third-order valence-corrected chi connectivity index (χ3v) is 4.00. The van der Waals surface area contributed by atoms with Gasteiger partial charge in [-0.25, -0.2) is 4.39 Å². The Morgan fingerprint density at radius 2 is 1.92 bits per heavy atom. The van der Waals surface area contributed by atoms with Gasteiger partial charge < -0.3 is 9.47 Å². The molecule has 26 heavy (non-hydrogen) atoms. The van der Waals surface area contributed by atoms with Gasteiger partial charge in [-0.2, -0.15) is 0 Å². The molecule has 0 fully saturated rings. The molecule has 0 N–H and O–H groups in total. The van der Waals surface area contributed by atoms with Gasteiger partial charge in [-0.05, 0) is 63.6 Å². The van der Waals surface area contributed by atoms with Crippen molar-refractivity contribution in [2.24, 2.45) is 5.41 Å². The number of carbonyl (C=O) groups is 2. The number of hydrogen-bond donors (Lipinski definition) is 0. The number of Topliss-reactive ketones (excluding diaryl/α,β-unsaturated/α-hetero) is 1. The van der Waals surface area contributed by atoms with Gasteiger partial charge in [0.25, 0.3) is 0 Å². The quantitative estimate of drug-likeness (QED) is 0.446. The number of ketones is 1. The molecule has 1 heterocycles. The average Bonchev–Trinajstić information content (AvgIpc) is 2.86. The monoisotopic (exact) mass is 354 g/mol. The number of halogens is 1. The minimum Gasteiger partial charge on any atom is -0.452 e. The molecule has 3 rings (SSSR count). The normalized spacial score (nSPS) is 15.0. The summed E-state index contributed by atoms with van der Waals surface area (Å²) in [5.41, 5.74) is 0.833. The summed E-state index contributed by atoms with van der Waals surface area (Å²) >= 11 is 0. The number of hydrogen-bond acceptors (Lipinski definition) is 4. The van der Waals surface area contributed by atoms with Crippen LogP contribution in [0.15, 0.2) is 42.2 Å². The smallest absolute Gasteiger partial charge is 0.316 e. The van der Waals surface area contributed by atoms with E-state index in [9.17, 15) is 14.0 Å². The molecular formula is C21H19FO4. The van der Waals surface area contributed by atoms with Gasteiger partial charge in [0, 0.05) is 5.56 Å². The van der Waals surface area contributed by atoms with E-state index in [0.717, 1.165) is 0 Å². The molecule has 1 aliphatic heterocycles. The number of allylic oxidation sites excluding steroid dienone is 1. The van der Waals surface area contributed by atoms with Gasteiger partial charge in [-0.1, -0.05) is 12.1 Å². The molecule has 0 aromatic heterocycles. The first-order chi connectivity index (χ1) is 12.2. The SMILES string of the molecule is Cc1c(OC(=O)C(C)(C)C)ccc2c1O/C(=C\c1cccc(F)c1)C2=O. The van der Waals surface area contributed by atoms with E-state index in [1.165, 1.54) is 18.2 Å². The molecular weight excluding hydrogens is 335 g/mol. The van der Waals surface area contributed by atoms with E-state index in [2.05, 4.69) is 0 Å². The predicted molar refractivity (Wildman–Crippen MR) is 95.6 cm³/mol. The van der Waals surface area contributed by atoms with Crippen LogP contribution in [0.2, 0.25) is 0 Å². The van der Waals surface area contributed by atoms with E-state index in [1.54, 1.807) is 52.0 Å². The Morgan fingerprint density at radius 3 is 2.58 bits per heavy atom. The van der Waals surface area contributed by atoms with Gasteiger partial charge in [0.15, 0.2) is 5.76 Å². The Bertz CT molecular complexity index is 936. The minimum absolute atomic E-state index is 0.105. The highest BCUT2D eigenvalue weighted by Crippen LogP contribution is 2.39. The van der Waals surface area contributed by atoms with Gasteiger partial charge in [0.05, 0.1) is 11.0 Å². The molecule has 5 heteroatoms. The van der Waals surface area contributed by atoms with Crippen LogP contribution in [-0.2, 0) is 4.79 Å². The maximum Gasteiger partial charge on any atom is 0.316 e. The van der Waals surface area contributed by atoms with Crippen molar-refractivity contribution in [2.45, 2.75) is 27.7 Å². The molecule has 0 amide bonds. The maximum absolute atomic E-state index is 13.3. The van der Waals surface area contributed by atoms with Crippen LogP contribution in [0.1, 0.15) is 42.3 Å². The second-order valence-electron chi connectivity index (χ2n) is 7.20. The van der Waals surface area contributed by atoms with Gasteiger partial charge in [-0.15, -0.1) is 0 Å². The van der Waals surface area contributed by atoms with Crippen LogP contribution >= 0.6 is 0 Å². The third-order valence-electron chi connectivity index (χ3n) is 4.00. The van der Waals surface area contributed by atoms with Crippen LogP contribution < -0.4 is 9.47 Å². The predicted octanol–water partition coefficient (Wildman–Crippen LogP) is 4.70. The van der Waals surface area contributed by atoms with E-state index in [-0.39, 0.29) is 17.5 Å². The van der Waals surface area contributed by atoms with Crippen molar-refractivity contribution < 1.29 is 23.5 Å². The van der Waals surface area contributed by atoms with Crippen molar-refractivity contribution in [1.29, 1.82) is 0 Å². The maximum atomic E-state index is 13.3. The molecule has 0 saturated carbocycles. The molecule has 0 spiro atoms. The van der Waals surface area contributed by atoms with Crippen molar-refractivity contribution in [3.05, 3.63) is 64.7 Å². The zero-order chi connectivity index (χ0) is 19.1. The first kappa shape index (κ1) is 17.9. The molecule has 2 aromatic rings. The first-order valence-corrected chi connectivity index (χ1v) is 8.22. The lowest BCUT2D eigenvalue weighted by molar-refractivity contribution is -0.143. The standard InChI is InChI=1S/C21H19FO4/c1-12-16(26-20(24)21(2,3)4)9-8-15-18(23)17(25-19(12)15)11-13-6-5-7-14(22)10-13/h5-11H,1-4H3/b17-11-. The van der Waals surface area contributed by atoms with E-state index in [1.807, 2.05) is 0 Å². The van der Waals surface area contributed by atoms with Crippen molar-refractivity contribution in [3.8, 4) is 11.5 Å². The fraction of sp³-hybridized carbons (Fsp3) is 0.238. The van der Waals surface area contributed by atoms with Crippen LogP contribution in [0, 0.1) is 18.2 Å². The van der Waals surface area contributed by atoms with E-state index < -0.39 is 11.2 Å². The lowest BCUT2D eigenvalue weighted by Crippen LogP contribution is -2.25. The Balaban J connectivity index is 1.93. The number of fused-ring (bicyclic) bond motifs is 1. The molecule has 0 bridgehead atoms. The zero-order valence-electron chi connectivity index (χ0n) is 15.1. The second-order valence-corrected chi connectivity index (χ2v) is 7.20. The molecule has 134 valence electrons. The van der Waals surface area contributed by atoms with Crippen molar-refractivity contribution in [1.82, 2.24) is 0 Å². The Labute approximate surface area is 151 Å². The topological polar surface area (TPSA) is 52.6 Å². The van der Waals surface area contributed by atoms with Crippen molar-refractivity contribution >= 4 is 17.8 Å². The highest BCUT2D eigenvalue weighted by atomic mass is 19.1. The summed E-state index contributed by atoms with van der Waals surface area (Å²) in [5, 5.41) is 0. The fourth-order valence-corrected chi connectivity index (χ4v) is 2.48. The summed E-state index contributed by atoms with van der Waals surface area (Å²) in [5.74, 6) is -0.246. The number of ether oxygens (including phenoxy) is 2. The largest absolute Gasteiger partial charge is 0.452 e. The average molecular weight is 354 g/mol. The van der Waals surface area contributed by atoms with Crippen LogP contribution in [0.5, 0.6) is 11.5 Å². The Hall–Kier alpha value is -2.95. The molecule has 1 aliphatic rings. The molecule has 0 unspecified atom stereocenters. The van der Waals surface area contributed by atoms with E-state index in [0.29, 0.717) is 28.2 Å². The number of carbonyl (C=O) groups excluding carboxylic acids is 2. The Morgan fingerprint density at radius 1 is 1.19 bits per heavy atom. The van der Waals surface area contributed by atoms with Crippen molar-refractivity contribution in [3.63, 3.8) is 0 Å². The summed E-state index contributed by atoms with van der Waals surface area (Å²) in [6.45, 7) is 7.01. The van der Waals surface area contributed by atoms with Gasteiger partial charge in [-0.3, -0.25) is 9.59 Å². The van der Waals surface area contributed by atoms with Gasteiger partial charge in [0.2, 0.25) is 5.78 Å². The number of rotatable bonds is 2. The zero-order valence-corrected chi connectivity index (χ0v) is 15.1. The second kappa shape index (κ2) is 6.41. The third kappa shape index (κ3) is 3.38.